The van der Waals surface area contributed by atoms with Crippen LogP contribution in [-0.4, -0.2) is 18.7 Å². The Balaban J connectivity index is 1.65. The van der Waals surface area contributed by atoms with E-state index in [0.717, 1.165) is 5.56 Å². The summed E-state index contributed by atoms with van der Waals surface area (Å²) >= 11 is 12.3. The van der Waals surface area contributed by atoms with Crippen LogP contribution >= 0.6 is 23.2 Å². The van der Waals surface area contributed by atoms with Gasteiger partial charge in [-0.15, -0.1) is 0 Å². The fraction of sp³-hybridized carbons (Fsp3) is 0.167. The summed E-state index contributed by atoms with van der Waals surface area (Å²) in [6, 6.07) is 16.4. The van der Waals surface area contributed by atoms with E-state index in [1.807, 2.05) is 19.1 Å². The van der Waals surface area contributed by atoms with Crippen molar-refractivity contribution in [1.82, 2.24) is 5.43 Å². The number of hydrogen-bond donors (Lipinski definition) is 1. The highest BCUT2D eigenvalue weighted by molar-refractivity contribution is 6.32. The van der Waals surface area contributed by atoms with Crippen molar-refractivity contribution in [2.24, 2.45) is 5.10 Å². The monoisotopic (exact) mass is 474 g/mol. The Bertz CT molecular complexity index is 1090. The molecule has 8 heteroatoms. The van der Waals surface area contributed by atoms with Gasteiger partial charge in [0.1, 0.15) is 12.4 Å². The fourth-order valence-electron chi connectivity index (χ4n) is 2.81. The van der Waals surface area contributed by atoms with Gasteiger partial charge in [0.2, 0.25) is 5.91 Å². The molecular weight excluding hydrogens is 454 g/mol. The zero-order valence-corrected chi connectivity index (χ0v) is 18.8. The molecule has 0 bridgehead atoms. The highest BCUT2D eigenvalue weighted by Gasteiger charge is 2.13. The van der Waals surface area contributed by atoms with E-state index >= 15 is 0 Å². The van der Waals surface area contributed by atoms with Crippen LogP contribution in [0.2, 0.25) is 10.0 Å². The molecule has 166 valence electrons. The van der Waals surface area contributed by atoms with Crippen molar-refractivity contribution in [3.63, 3.8) is 0 Å². The van der Waals surface area contributed by atoms with Crippen LogP contribution in [0.3, 0.4) is 0 Å². The largest absolute Gasteiger partial charge is 0.490 e. The number of halogens is 3. The standard InChI is InChI=1S/C24H21Cl2FN2O3/c1-2-31-22-12-18(14-28-29-23(30)13-16-5-9-20(27)10-6-16)11-21(26)24(22)32-15-17-3-7-19(25)8-4-17/h3-12,14H,2,13,15H2,1H3,(H,29,30)/b28-14+. The predicted molar refractivity (Wildman–Crippen MR) is 124 cm³/mol. The molecule has 32 heavy (non-hydrogen) atoms. The maximum Gasteiger partial charge on any atom is 0.244 e. The van der Waals surface area contributed by atoms with Gasteiger partial charge in [-0.25, -0.2) is 9.82 Å². The molecule has 0 heterocycles. The van der Waals surface area contributed by atoms with Crippen LogP contribution in [0.5, 0.6) is 11.5 Å². The van der Waals surface area contributed by atoms with Gasteiger partial charge in [0.25, 0.3) is 0 Å². The average Bonchev–Trinajstić information content (AvgIpc) is 2.76. The number of ether oxygens (including phenoxy) is 2. The van der Waals surface area contributed by atoms with Crippen LogP contribution < -0.4 is 14.9 Å². The van der Waals surface area contributed by atoms with Crippen molar-refractivity contribution in [3.05, 3.63) is 93.2 Å². The van der Waals surface area contributed by atoms with Crippen LogP contribution in [0, 0.1) is 5.82 Å². The number of carbonyl (C=O) groups is 1. The molecule has 0 saturated heterocycles. The summed E-state index contributed by atoms with van der Waals surface area (Å²) in [5.74, 6) is 0.204. The van der Waals surface area contributed by atoms with Gasteiger partial charge < -0.3 is 9.47 Å². The zero-order chi connectivity index (χ0) is 22.9. The van der Waals surface area contributed by atoms with Gasteiger partial charge in [-0.1, -0.05) is 47.5 Å². The van der Waals surface area contributed by atoms with Gasteiger partial charge in [-0.05, 0) is 60.0 Å². The number of rotatable bonds is 9. The molecule has 5 nitrogen and oxygen atoms in total. The number of hydrazone groups is 1. The Kier molecular flexibility index (Phi) is 8.48. The molecule has 0 aliphatic heterocycles. The lowest BCUT2D eigenvalue weighted by atomic mass is 10.1. The van der Waals surface area contributed by atoms with Crippen molar-refractivity contribution in [1.29, 1.82) is 0 Å². The second-order valence-electron chi connectivity index (χ2n) is 6.77. The molecule has 3 aromatic rings. The van der Waals surface area contributed by atoms with Crippen molar-refractivity contribution in [2.45, 2.75) is 20.0 Å². The number of nitrogens with one attached hydrogen (secondary N) is 1. The minimum atomic E-state index is -0.352. The van der Waals surface area contributed by atoms with Gasteiger partial charge in [0.05, 0.1) is 24.3 Å². The third-order valence-corrected chi connectivity index (χ3v) is 4.84. The van der Waals surface area contributed by atoms with Gasteiger partial charge in [-0.3, -0.25) is 4.79 Å². The molecule has 1 N–H and O–H groups in total. The number of carbonyl (C=O) groups excluding carboxylic acids is 1. The highest BCUT2D eigenvalue weighted by atomic mass is 35.5. The maximum atomic E-state index is 13.0. The Morgan fingerprint density at radius 1 is 1.03 bits per heavy atom. The van der Waals surface area contributed by atoms with Crippen LogP contribution in [-0.2, 0) is 17.8 Å². The summed E-state index contributed by atoms with van der Waals surface area (Å²) in [5.41, 5.74) is 4.68. The SMILES string of the molecule is CCOc1cc(/C=N/NC(=O)Cc2ccc(F)cc2)cc(Cl)c1OCc1ccc(Cl)cc1. The van der Waals surface area contributed by atoms with E-state index in [4.69, 9.17) is 32.7 Å². The fourth-order valence-corrected chi connectivity index (χ4v) is 3.21. The summed E-state index contributed by atoms with van der Waals surface area (Å²) in [7, 11) is 0. The third kappa shape index (κ3) is 6.97. The van der Waals surface area contributed by atoms with E-state index < -0.39 is 0 Å². The molecular formula is C24H21Cl2FN2O3. The molecule has 0 radical (unpaired) electrons. The quantitative estimate of drug-likeness (QED) is 0.314. The minimum Gasteiger partial charge on any atom is -0.490 e. The average molecular weight is 475 g/mol. The van der Waals surface area contributed by atoms with Crippen molar-refractivity contribution >= 4 is 35.3 Å². The molecule has 0 aliphatic carbocycles. The smallest absolute Gasteiger partial charge is 0.244 e. The van der Waals surface area contributed by atoms with E-state index in [-0.39, 0.29) is 18.1 Å². The van der Waals surface area contributed by atoms with Crippen molar-refractivity contribution in [2.75, 3.05) is 6.61 Å². The summed E-state index contributed by atoms with van der Waals surface area (Å²) in [4.78, 5) is 12.0. The summed E-state index contributed by atoms with van der Waals surface area (Å²) in [5, 5.41) is 4.96. The lowest BCUT2D eigenvalue weighted by Gasteiger charge is -2.14. The predicted octanol–water partition coefficient (Wildman–Crippen LogP) is 5.80. The second-order valence-corrected chi connectivity index (χ2v) is 7.62. The van der Waals surface area contributed by atoms with Gasteiger partial charge in [-0.2, -0.15) is 5.10 Å². The van der Waals surface area contributed by atoms with Gasteiger partial charge in [0.15, 0.2) is 11.5 Å². The third-order valence-electron chi connectivity index (χ3n) is 4.31. The summed E-state index contributed by atoms with van der Waals surface area (Å²) in [6.45, 7) is 2.57. The van der Waals surface area contributed by atoms with Crippen molar-refractivity contribution in [3.8, 4) is 11.5 Å². The molecule has 3 rings (SSSR count). The topological polar surface area (TPSA) is 59.9 Å². The first-order chi connectivity index (χ1) is 15.4. The molecule has 0 aliphatic rings. The molecule has 0 atom stereocenters. The van der Waals surface area contributed by atoms with E-state index in [0.29, 0.717) is 45.9 Å². The Morgan fingerprint density at radius 2 is 1.72 bits per heavy atom. The van der Waals surface area contributed by atoms with Gasteiger partial charge >= 0.3 is 0 Å². The number of nitrogens with zero attached hydrogens (tertiary/aromatic N) is 1. The van der Waals surface area contributed by atoms with Crippen LogP contribution in [0.1, 0.15) is 23.6 Å². The molecule has 0 aromatic heterocycles. The molecule has 0 saturated carbocycles. The minimum absolute atomic E-state index is 0.0834. The van der Waals surface area contributed by atoms with Gasteiger partial charge in [0, 0.05) is 5.02 Å². The molecule has 1 amide bonds. The van der Waals surface area contributed by atoms with E-state index in [9.17, 15) is 9.18 Å². The van der Waals surface area contributed by atoms with Crippen molar-refractivity contribution < 1.29 is 18.7 Å². The van der Waals surface area contributed by atoms with Crippen LogP contribution in [0.25, 0.3) is 0 Å². The van der Waals surface area contributed by atoms with E-state index in [2.05, 4.69) is 10.5 Å². The highest BCUT2D eigenvalue weighted by Crippen LogP contribution is 2.37. The first kappa shape index (κ1) is 23.6. The Morgan fingerprint density at radius 3 is 2.41 bits per heavy atom. The lowest BCUT2D eigenvalue weighted by molar-refractivity contribution is -0.120. The first-order valence-electron chi connectivity index (χ1n) is 9.84. The number of amides is 1. The molecule has 0 spiro atoms. The van der Waals surface area contributed by atoms with Crippen LogP contribution in [0.4, 0.5) is 4.39 Å². The maximum absolute atomic E-state index is 13.0. The van der Waals surface area contributed by atoms with E-state index in [1.54, 1.807) is 36.4 Å². The van der Waals surface area contributed by atoms with E-state index in [1.165, 1.54) is 18.3 Å². The molecule has 0 unspecified atom stereocenters. The summed E-state index contributed by atoms with van der Waals surface area (Å²) < 4.78 is 24.5. The molecule has 0 fully saturated rings. The zero-order valence-electron chi connectivity index (χ0n) is 17.3. The normalized spacial score (nSPS) is 10.9. The summed E-state index contributed by atoms with van der Waals surface area (Å²) in [6.07, 6.45) is 1.54. The number of hydrogen-bond acceptors (Lipinski definition) is 4. The number of benzene rings is 3. The first-order valence-corrected chi connectivity index (χ1v) is 10.6. The second kappa shape index (κ2) is 11.5. The van der Waals surface area contributed by atoms with Crippen LogP contribution in [0.15, 0.2) is 65.8 Å². The lowest BCUT2D eigenvalue weighted by Crippen LogP contribution is -2.19. The molecule has 3 aromatic carbocycles. The Labute approximate surface area is 195 Å². The Hall–Kier alpha value is -3.09.